The molecule has 0 saturated carbocycles. The van der Waals surface area contributed by atoms with Gasteiger partial charge in [0.2, 0.25) is 0 Å². The van der Waals surface area contributed by atoms with Crippen molar-refractivity contribution in [1.82, 2.24) is 25.2 Å². The highest BCUT2D eigenvalue weighted by Gasteiger charge is 2.44. The largest absolute Gasteiger partial charge is 0.389 e. The minimum absolute atomic E-state index is 0.0550. The number of aliphatic hydroxyl groups is 2. The second kappa shape index (κ2) is 7.00. The third-order valence-corrected chi connectivity index (χ3v) is 4.00. The van der Waals surface area contributed by atoms with Crippen molar-refractivity contribution in [2.45, 2.75) is 18.2 Å². The Kier molecular flexibility index (Phi) is 4.79. The van der Waals surface area contributed by atoms with Crippen molar-refractivity contribution in [3.63, 3.8) is 0 Å². The Balaban J connectivity index is 1.58. The number of nitrogens with one attached hydrogen (secondary N) is 1. The molecule has 1 saturated heterocycles. The van der Waals surface area contributed by atoms with Gasteiger partial charge in [0, 0.05) is 44.4 Å². The van der Waals surface area contributed by atoms with E-state index in [4.69, 9.17) is 0 Å². The number of amides is 1. The lowest BCUT2D eigenvalue weighted by molar-refractivity contribution is -0.0377. The molecule has 3 heterocycles. The first-order valence-corrected chi connectivity index (χ1v) is 7.64. The van der Waals surface area contributed by atoms with E-state index >= 15 is 0 Å². The third kappa shape index (κ3) is 3.73. The lowest BCUT2D eigenvalue weighted by atomic mass is 10.0. The standard InChI is InChI=1S/C16H19N5O3/c22-14-9-21(8-12-7-17-5-6-18-12)11-16(14,24)10-20-15(23)13-3-1-2-4-19-13/h1-7,14,22,24H,8-11H2,(H,20,23)/t14-,16+/m1/s1. The lowest BCUT2D eigenvalue weighted by Gasteiger charge is -2.26. The fraction of sp³-hybridized carbons (Fsp3) is 0.375. The van der Waals surface area contributed by atoms with E-state index < -0.39 is 11.7 Å². The molecule has 0 unspecified atom stereocenters. The molecular formula is C16H19N5O3. The molecule has 126 valence electrons. The number of aliphatic hydroxyl groups excluding tert-OH is 1. The van der Waals surface area contributed by atoms with Crippen molar-refractivity contribution in [2.75, 3.05) is 19.6 Å². The smallest absolute Gasteiger partial charge is 0.269 e. The highest BCUT2D eigenvalue weighted by molar-refractivity contribution is 5.92. The first kappa shape index (κ1) is 16.4. The summed E-state index contributed by atoms with van der Waals surface area (Å²) in [6.07, 6.45) is 5.40. The molecule has 2 aromatic heterocycles. The summed E-state index contributed by atoms with van der Waals surface area (Å²) in [5, 5.41) is 23.5. The molecule has 0 bridgehead atoms. The fourth-order valence-corrected chi connectivity index (χ4v) is 2.73. The predicted octanol–water partition coefficient (Wildman–Crippen LogP) is -0.791. The minimum Gasteiger partial charge on any atom is -0.389 e. The van der Waals surface area contributed by atoms with Crippen LogP contribution in [0.2, 0.25) is 0 Å². The number of aromatic nitrogens is 3. The van der Waals surface area contributed by atoms with Crippen LogP contribution in [-0.2, 0) is 6.54 Å². The average molecular weight is 329 g/mol. The van der Waals surface area contributed by atoms with E-state index in [1.54, 1.807) is 36.8 Å². The van der Waals surface area contributed by atoms with Crippen LogP contribution in [0.5, 0.6) is 0 Å². The molecule has 1 aliphatic heterocycles. The molecule has 0 radical (unpaired) electrons. The summed E-state index contributed by atoms with van der Waals surface area (Å²) in [5.41, 5.74) is -0.386. The van der Waals surface area contributed by atoms with Gasteiger partial charge in [0.15, 0.2) is 0 Å². The molecule has 3 rings (SSSR count). The van der Waals surface area contributed by atoms with E-state index in [2.05, 4.69) is 20.3 Å². The van der Waals surface area contributed by atoms with Crippen molar-refractivity contribution < 1.29 is 15.0 Å². The van der Waals surface area contributed by atoms with Gasteiger partial charge in [-0.3, -0.25) is 24.6 Å². The number of β-amino-alcohol motifs (C(OH)–C–C–N with tert-alkyl or cyclic N) is 2. The van der Waals surface area contributed by atoms with Gasteiger partial charge in [-0.15, -0.1) is 0 Å². The van der Waals surface area contributed by atoms with Gasteiger partial charge in [-0.2, -0.15) is 0 Å². The molecular weight excluding hydrogens is 310 g/mol. The Morgan fingerprint density at radius 1 is 1.33 bits per heavy atom. The summed E-state index contributed by atoms with van der Waals surface area (Å²) in [6.45, 7) is 0.946. The second-order valence-corrected chi connectivity index (χ2v) is 5.88. The third-order valence-electron chi connectivity index (χ3n) is 4.00. The van der Waals surface area contributed by atoms with E-state index in [0.717, 1.165) is 5.69 Å². The van der Waals surface area contributed by atoms with E-state index in [1.165, 1.54) is 6.20 Å². The van der Waals surface area contributed by atoms with Crippen molar-refractivity contribution in [2.24, 2.45) is 0 Å². The summed E-state index contributed by atoms with van der Waals surface area (Å²) < 4.78 is 0. The van der Waals surface area contributed by atoms with Crippen LogP contribution in [-0.4, -0.2) is 67.3 Å². The summed E-state index contributed by atoms with van der Waals surface area (Å²) in [5.74, 6) is -0.386. The van der Waals surface area contributed by atoms with Crippen LogP contribution in [0.3, 0.4) is 0 Å². The zero-order chi connectivity index (χ0) is 17.0. The van der Waals surface area contributed by atoms with Gasteiger partial charge >= 0.3 is 0 Å². The molecule has 2 aromatic rings. The molecule has 1 amide bonds. The Morgan fingerprint density at radius 2 is 2.21 bits per heavy atom. The van der Waals surface area contributed by atoms with Crippen LogP contribution in [0.15, 0.2) is 43.0 Å². The van der Waals surface area contributed by atoms with Gasteiger partial charge in [0.05, 0.1) is 18.3 Å². The number of likely N-dealkylation sites (tertiary alicyclic amines) is 1. The Morgan fingerprint density at radius 3 is 2.92 bits per heavy atom. The predicted molar refractivity (Wildman–Crippen MR) is 84.8 cm³/mol. The highest BCUT2D eigenvalue weighted by atomic mass is 16.3. The van der Waals surface area contributed by atoms with Gasteiger partial charge in [-0.1, -0.05) is 6.07 Å². The maximum absolute atomic E-state index is 12.0. The molecule has 0 spiro atoms. The molecule has 3 N–H and O–H groups in total. The monoisotopic (exact) mass is 329 g/mol. The number of nitrogens with zero attached hydrogens (tertiary/aromatic N) is 4. The molecule has 0 aromatic carbocycles. The quantitative estimate of drug-likeness (QED) is 0.659. The summed E-state index contributed by atoms with van der Waals surface area (Å²) in [6, 6.07) is 5.02. The van der Waals surface area contributed by atoms with Gasteiger partial charge < -0.3 is 15.5 Å². The van der Waals surface area contributed by atoms with E-state index in [1.807, 2.05) is 4.90 Å². The molecule has 0 aliphatic carbocycles. The highest BCUT2D eigenvalue weighted by Crippen LogP contribution is 2.22. The number of rotatable bonds is 5. The summed E-state index contributed by atoms with van der Waals surface area (Å²) >= 11 is 0. The fourth-order valence-electron chi connectivity index (χ4n) is 2.73. The Hall–Kier alpha value is -2.42. The SMILES string of the molecule is O=C(NC[C@]1(O)CN(Cc2cnccn2)C[C@H]1O)c1ccccn1. The number of carbonyl (C=O) groups is 1. The van der Waals surface area contributed by atoms with Crippen LogP contribution >= 0.6 is 0 Å². The van der Waals surface area contributed by atoms with Crippen LogP contribution in [0, 0.1) is 0 Å². The minimum atomic E-state index is -1.41. The van der Waals surface area contributed by atoms with Crippen LogP contribution in [0.4, 0.5) is 0 Å². The second-order valence-electron chi connectivity index (χ2n) is 5.88. The number of hydrogen-bond donors (Lipinski definition) is 3. The molecule has 2 atom stereocenters. The molecule has 24 heavy (non-hydrogen) atoms. The lowest BCUT2D eigenvalue weighted by Crippen LogP contribution is -2.51. The van der Waals surface area contributed by atoms with Crippen LogP contribution < -0.4 is 5.32 Å². The molecule has 1 fully saturated rings. The zero-order valence-electron chi connectivity index (χ0n) is 13.0. The molecule has 8 heteroatoms. The summed E-state index contributed by atoms with van der Waals surface area (Å²) in [7, 11) is 0. The van der Waals surface area contributed by atoms with Gasteiger partial charge in [0.25, 0.3) is 5.91 Å². The van der Waals surface area contributed by atoms with E-state index in [9.17, 15) is 15.0 Å². The van der Waals surface area contributed by atoms with Crippen LogP contribution in [0.1, 0.15) is 16.2 Å². The molecule has 8 nitrogen and oxygen atoms in total. The first-order valence-electron chi connectivity index (χ1n) is 7.64. The Labute approximate surface area is 139 Å². The zero-order valence-corrected chi connectivity index (χ0v) is 13.0. The van der Waals surface area contributed by atoms with E-state index in [0.29, 0.717) is 13.1 Å². The average Bonchev–Trinajstić information content (AvgIpc) is 2.88. The maximum Gasteiger partial charge on any atom is 0.269 e. The van der Waals surface area contributed by atoms with E-state index in [-0.39, 0.29) is 24.7 Å². The number of carbonyl (C=O) groups excluding carboxylic acids is 1. The van der Waals surface area contributed by atoms with Crippen molar-refractivity contribution in [1.29, 1.82) is 0 Å². The topological polar surface area (TPSA) is 111 Å². The number of hydrogen-bond acceptors (Lipinski definition) is 7. The first-order chi connectivity index (χ1) is 11.6. The van der Waals surface area contributed by atoms with Gasteiger partial charge in [-0.25, -0.2) is 0 Å². The molecule has 1 aliphatic rings. The van der Waals surface area contributed by atoms with Crippen molar-refractivity contribution in [3.05, 3.63) is 54.4 Å². The van der Waals surface area contributed by atoms with Gasteiger partial charge in [0.1, 0.15) is 11.3 Å². The maximum atomic E-state index is 12.0. The Bertz CT molecular complexity index is 685. The normalized spacial score (nSPS) is 24.0. The number of pyridine rings is 1. The van der Waals surface area contributed by atoms with Crippen LogP contribution in [0.25, 0.3) is 0 Å². The summed E-state index contributed by atoms with van der Waals surface area (Å²) in [4.78, 5) is 26.0. The van der Waals surface area contributed by atoms with Gasteiger partial charge in [-0.05, 0) is 12.1 Å². The van der Waals surface area contributed by atoms with Crippen molar-refractivity contribution >= 4 is 5.91 Å². The van der Waals surface area contributed by atoms with Crippen molar-refractivity contribution in [3.8, 4) is 0 Å².